The van der Waals surface area contributed by atoms with Gasteiger partial charge >= 0.3 is 0 Å². The minimum atomic E-state index is -0.299. The van der Waals surface area contributed by atoms with Crippen molar-refractivity contribution in [3.63, 3.8) is 0 Å². The first kappa shape index (κ1) is 15.5. The molecule has 4 heteroatoms. The van der Waals surface area contributed by atoms with Crippen LogP contribution < -0.4 is 10.2 Å². The number of hydrogen-bond acceptors (Lipinski definition) is 3. The largest absolute Gasteiger partial charge is 0.484 e. The molecular weight excluding hydrogens is 276 g/mol. The van der Waals surface area contributed by atoms with Gasteiger partial charge in [0.05, 0.1) is 6.21 Å². The molecule has 4 nitrogen and oxygen atoms in total. The molecule has 0 saturated heterocycles. The maximum absolute atomic E-state index is 11.6. The van der Waals surface area contributed by atoms with Crippen molar-refractivity contribution in [2.45, 2.75) is 6.92 Å². The van der Waals surface area contributed by atoms with Crippen LogP contribution in [0.15, 0.2) is 71.3 Å². The van der Waals surface area contributed by atoms with Gasteiger partial charge in [-0.25, -0.2) is 5.43 Å². The lowest BCUT2D eigenvalue weighted by molar-refractivity contribution is -0.123. The summed E-state index contributed by atoms with van der Waals surface area (Å²) in [6, 6.07) is 19.1. The Hall–Kier alpha value is -2.88. The predicted octanol–water partition coefficient (Wildman–Crippen LogP) is 3.27. The standard InChI is InChI=1S/C18H18N2O2/c1-15(12-16-8-4-2-5-9-16)13-19-20-18(21)14-22-17-10-6-3-7-11-17/h2-13H,14H2,1H3,(H,20,21)/b15-12-,19-13+. The number of amides is 1. The first-order chi connectivity index (χ1) is 10.7. The minimum absolute atomic E-state index is 0.0667. The number of rotatable bonds is 6. The van der Waals surface area contributed by atoms with Crippen LogP contribution >= 0.6 is 0 Å². The topological polar surface area (TPSA) is 50.7 Å². The summed E-state index contributed by atoms with van der Waals surface area (Å²) in [4.78, 5) is 11.6. The van der Waals surface area contributed by atoms with Crippen molar-refractivity contribution in [3.8, 4) is 5.75 Å². The SMILES string of the molecule is CC(=C/c1ccccc1)/C=N/NC(=O)COc1ccccc1. The van der Waals surface area contributed by atoms with E-state index in [1.165, 1.54) is 0 Å². The van der Waals surface area contributed by atoms with Crippen molar-refractivity contribution < 1.29 is 9.53 Å². The van der Waals surface area contributed by atoms with Gasteiger partial charge < -0.3 is 4.74 Å². The molecule has 1 N–H and O–H groups in total. The van der Waals surface area contributed by atoms with Gasteiger partial charge in [-0.15, -0.1) is 0 Å². The highest BCUT2D eigenvalue weighted by Crippen LogP contribution is 2.07. The number of benzene rings is 2. The molecule has 2 rings (SSSR count). The van der Waals surface area contributed by atoms with E-state index in [-0.39, 0.29) is 12.5 Å². The van der Waals surface area contributed by atoms with Crippen molar-refractivity contribution in [3.05, 3.63) is 71.8 Å². The van der Waals surface area contributed by atoms with Crippen molar-refractivity contribution in [2.75, 3.05) is 6.61 Å². The molecule has 0 radical (unpaired) electrons. The minimum Gasteiger partial charge on any atom is -0.484 e. The molecule has 0 spiro atoms. The predicted molar refractivity (Wildman–Crippen MR) is 88.7 cm³/mol. The number of para-hydroxylation sites is 1. The highest BCUT2D eigenvalue weighted by Gasteiger charge is 2.00. The summed E-state index contributed by atoms with van der Waals surface area (Å²) in [5.74, 6) is 0.356. The molecule has 2 aromatic carbocycles. The number of carbonyl (C=O) groups excluding carboxylic acids is 1. The third-order valence-electron chi connectivity index (χ3n) is 2.76. The molecule has 0 aromatic heterocycles. The van der Waals surface area contributed by atoms with Crippen LogP contribution in [-0.4, -0.2) is 18.7 Å². The van der Waals surface area contributed by atoms with E-state index in [2.05, 4.69) is 10.5 Å². The number of allylic oxidation sites excluding steroid dienone is 1. The highest BCUT2D eigenvalue weighted by molar-refractivity contribution is 5.86. The second-order valence-electron chi connectivity index (χ2n) is 4.69. The van der Waals surface area contributed by atoms with Crippen molar-refractivity contribution in [2.24, 2.45) is 5.10 Å². The number of ether oxygens (including phenoxy) is 1. The van der Waals surface area contributed by atoms with Crippen molar-refractivity contribution in [1.29, 1.82) is 0 Å². The van der Waals surface area contributed by atoms with Gasteiger partial charge in [0.2, 0.25) is 0 Å². The second-order valence-corrected chi connectivity index (χ2v) is 4.69. The van der Waals surface area contributed by atoms with Crippen LogP contribution in [0, 0.1) is 0 Å². The molecule has 0 bridgehead atoms. The molecule has 0 fully saturated rings. The number of hydrogen-bond donors (Lipinski definition) is 1. The van der Waals surface area contributed by atoms with Gasteiger partial charge in [-0.05, 0) is 30.2 Å². The smallest absolute Gasteiger partial charge is 0.277 e. The molecule has 0 unspecified atom stereocenters. The maximum Gasteiger partial charge on any atom is 0.277 e. The lowest BCUT2D eigenvalue weighted by Gasteiger charge is -2.04. The van der Waals surface area contributed by atoms with Crippen LogP contribution in [0.25, 0.3) is 6.08 Å². The summed E-state index contributed by atoms with van der Waals surface area (Å²) in [5.41, 5.74) is 4.46. The monoisotopic (exact) mass is 294 g/mol. The average Bonchev–Trinajstić information content (AvgIpc) is 2.55. The Morgan fingerprint density at radius 1 is 1.09 bits per heavy atom. The van der Waals surface area contributed by atoms with Crippen LogP contribution in [0.4, 0.5) is 0 Å². The first-order valence-corrected chi connectivity index (χ1v) is 6.97. The van der Waals surface area contributed by atoms with E-state index in [1.807, 2.05) is 61.5 Å². The third-order valence-corrected chi connectivity index (χ3v) is 2.76. The molecule has 0 atom stereocenters. The Bertz CT molecular complexity index is 649. The van der Waals surface area contributed by atoms with Gasteiger partial charge in [-0.3, -0.25) is 4.79 Å². The fraction of sp³-hybridized carbons (Fsp3) is 0.111. The van der Waals surface area contributed by atoms with Crippen LogP contribution in [0.2, 0.25) is 0 Å². The van der Waals surface area contributed by atoms with Gasteiger partial charge in [-0.2, -0.15) is 5.10 Å². The molecule has 0 aliphatic rings. The zero-order valence-electron chi connectivity index (χ0n) is 12.4. The van der Waals surface area contributed by atoms with E-state index in [0.717, 1.165) is 11.1 Å². The van der Waals surface area contributed by atoms with E-state index >= 15 is 0 Å². The molecule has 0 heterocycles. The molecule has 0 aliphatic heterocycles. The Morgan fingerprint density at radius 2 is 1.73 bits per heavy atom. The molecule has 22 heavy (non-hydrogen) atoms. The summed E-state index contributed by atoms with van der Waals surface area (Å²) >= 11 is 0. The number of nitrogens with zero attached hydrogens (tertiary/aromatic N) is 1. The summed E-state index contributed by atoms with van der Waals surface area (Å²) < 4.78 is 5.32. The fourth-order valence-corrected chi connectivity index (χ4v) is 1.75. The number of carbonyl (C=O) groups is 1. The van der Waals surface area contributed by atoms with Crippen molar-refractivity contribution in [1.82, 2.24) is 5.43 Å². The van der Waals surface area contributed by atoms with Gasteiger partial charge in [0.25, 0.3) is 5.91 Å². The first-order valence-electron chi connectivity index (χ1n) is 6.97. The molecule has 112 valence electrons. The van der Waals surface area contributed by atoms with Gasteiger partial charge in [0.1, 0.15) is 5.75 Å². The molecule has 0 aliphatic carbocycles. The fourth-order valence-electron chi connectivity index (χ4n) is 1.75. The summed E-state index contributed by atoms with van der Waals surface area (Å²) in [6.45, 7) is 1.85. The van der Waals surface area contributed by atoms with Crippen molar-refractivity contribution >= 4 is 18.2 Å². The molecule has 2 aromatic rings. The van der Waals surface area contributed by atoms with Crippen LogP contribution in [-0.2, 0) is 4.79 Å². The lowest BCUT2D eigenvalue weighted by atomic mass is 10.1. The number of nitrogens with one attached hydrogen (secondary N) is 1. The van der Waals surface area contributed by atoms with E-state index in [4.69, 9.17) is 4.74 Å². The summed E-state index contributed by atoms with van der Waals surface area (Å²) in [5, 5.41) is 3.91. The zero-order valence-corrected chi connectivity index (χ0v) is 12.4. The maximum atomic E-state index is 11.6. The lowest BCUT2D eigenvalue weighted by Crippen LogP contribution is -2.24. The summed E-state index contributed by atoms with van der Waals surface area (Å²) in [7, 11) is 0. The van der Waals surface area contributed by atoms with Crippen LogP contribution in [0.5, 0.6) is 5.75 Å². The molecule has 0 saturated carbocycles. The normalized spacial score (nSPS) is 11.4. The average molecular weight is 294 g/mol. The summed E-state index contributed by atoms with van der Waals surface area (Å²) in [6.07, 6.45) is 3.59. The molecule has 1 amide bonds. The van der Waals surface area contributed by atoms with Gasteiger partial charge in [0.15, 0.2) is 6.61 Å². The number of hydrazone groups is 1. The van der Waals surface area contributed by atoms with Gasteiger partial charge in [-0.1, -0.05) is 54.6 Å². The van der Waals surface area contributed by atoms with Crippen LogP contribution in [0.1, 0.15) is 12.5 Å². The van der Waals surface area contributed by atoms with E-state index in [1.54, 1.807) is 18.3 Å². The zero-order chi connectivity index (χ0) is 15.6. The Morgan fingerprint density at radius 3 is 2.41 bits per heavy atom. The van der Waals surface area contributed by atoms with Crippen LogP contribution in [0.3, 0.4) is 0 Å². The van der Waals surface area contributed by atoms with E-state index in [9.17, 15) is 4.79 Å². The Balaban J connectivity index is 1.77. The third kappa shape index (κ3) is 5.63. The van der Waals surface area contributed by atoms with E-state index < -0.39 is 0 Å². The van der Waals surface area contributed by atoms with Gasteiger partial charge in [0, 0.05) is 0 Å². The molecular formula is C18H18N2O2. The quantitative estimate of drug-likeness (QED) is 0.656. The Kier molecular flexibility index (Phi) is 5.93. The highest BCUT2D eigenvalue weighted by atomic mass is 16.5. The van der Waals surface area contributed by atoms with E-state index in [0.29, 0.717) is 5.75 Å². The second kappa shape index (κ2) is 8.42. The Labute approximate surface area is 130 Å².